The molecule has 0 unspecified atom stereocenters. The number of benzene rings is 1. The summed E-state index contributed by atoms with van der Waals surface area (Å²) in [7, 11) is 5.34. The van der Waals surface area contributed by atoms with Crippen molar-refractivity contribution in [3.8, 4) is 0 Å². The maximum Gasteiger partial charge on any atom is 0.167 e. The Morgan fingerprint density at radius 2 is 1.89 bits per heavy atom. The molecular weight excluding hydrogens is 300 g/mol. The maximum absolute atomic E-state index is 10.8. The average Bonchev–Trinajstić information content (AvgIpc) is 2.17. The van der Waals surface area contributed by atoms with Gasteiger partial charge in [0.05, 0.1) is 7.85 Å². The van der Waals surface area contributed by atoms with Crippen LogP contribution in [0, 0.1) is 12.5 Å². The van der Waals surface area contributed by atoms with Crippen molar-refractivity contribution in [2.24, 2.45) is 0 Å². The van der Waals surface area contributed by atoms with E-state index >= 15 is 0 Å². The van der Waals surface area contributed by atoms with Crippen LogP contribution in [-0.4, -0.2) is 19.4 Å². The first-order chi connectivity index (χ1) is 7.85. The van der Waals surface area contributed by atoms with Crippen molar-refractivity contribution in [2.45, 2.75) is 39.7 Å². The van der Waals surface area contributed by atoms with Gasteiger partial charge in [-0.05, 0) is 20.8 Å². The molecule has 0 aromatic heterocycles. The Morgan fingerprint density at radius 3 is 2.17 bits per heavy atom. The fourth-order valence-electron chi connectivity index (χ4n) is 0.910. The molecule has 1 aromatic rings. The summed E-state index contributed by atoms with van der Waals surface area (Å²) < 4.78 is 4.98. The monoisotopic (exact) mass is 319 g/mol. The number of hydrogen-bond acceptors (Lipinski definition) is 2. The number of carbonyl (C=O) groups excluding carboxylic acids is 1. The third kappa shape index (κ3) is 13.8. The Morgan fingerprint density at radius 1 is 1.39 bits per heavy atom. The molecule has 2 nitrogen and oxygen atoms in total. The van der Waals surface area contributed by atoms with Gasteiger partial charge >= 0.3 is 0 Å². The van der Waals surface area contributed by atoms with Gasteiger partial charge in [-0.2, -0.15) is 36.8 Å². The topological polar surface area (TPSA) is 26.3 Å². The third-order valence-electron chi connectivity index (χ3n) is 1.52. The van der Waals surface area contributed by atoms with E-state index < -0.39 is 0 Å². The fraction of sp³-hybridized carbons (Fsp3) is 0.429. The van der Waals surface area contributed by atoms with Crippen LogP contribution < -0.4 is 5.46 Å². The molecule has 4 heteroatoms. The minimum absolute atomic E-state index is 0. The molecule has 0 bridgehead atoms. The minimum Gasteiger partial charge on any atom is -0.483 e. The normalized spacial score (nSPS) is 9.33. The van der Waals surface area contributed by atoms with Crippen molar-refractivity contribution in [3.05, 3.63) is 36.8 Å². The smallest absolute Gasteiger partial charge is 0.167 e. The Balaban J connectivity index is 0. The molecule has 1 aromatic carbocycles. The van der Waals surface area contributed by atoms with Gasteiger partial charge in [0.1, 0.15) is 5.60 Å². The van der Waals surface area contributed by atoms with Crippen LogP contribution in [0.4, 0.5) is 0 Å². The van der Waals surface area contributed by atoms with Crippen LogP contribution >= 0.6 is 0 Å². The van der Waals surface area contributed by atoms with Gasteiger partial charge in [0, 0.05) is 32.7 Å². The van der Waals surface area contributed by atoms with Crippen LogP contribution in [0.15, 0.2) is 24.3 Å². The van der Waals surface area contributed by atoms with E-state index in [1.807, 2.05) is 27.7 Å². The second-order valence-corrected chi connectivity index (χ2v) is 4.48. The van der Waals surface area contributed by atoms with Crippen LogP contribution in [-0.2, 0) is 42.2 Å². The van der Waals surface area contributed by atoms with Gasteiger partial charge in [-0.3, -0.25) is 11.2 Å². The molecule has 0 aliphatic carbocycles. The second-order valence-electron chi connectivity index (χ2n) is 4.48. The van der Waals surface area contributed by atoms with Gasteiger partial charge < -0.3 is 4.74 Å². The molecule has 0 fully saturated rings. The van der Waals surface area contributed by atoms with Crippen molar-refractivity contribution in [3.63, 3.8) is 0 Å². The molecule has 0 N–H and O–H groups in total. The zero-order chi connectivity index (χ0) is 13.3. The summed E-state index contributed by atoms with van der Waals surface area (Å²) in [5, 5.41) is 0. The number of hydrogen-bond donors (Lipinski definition) is 0. The first-order valence-electron chi connectivity index (χ1n) is 5.63. The van der Waals surface area contributed by atoms with Crippen molar-refractivity contribution in [1.82, 2.24) is 0 Å². The van der Waals surface area contributed by atoms with E-state index in [0.29, 0.717) is 0 Å². The molecule has 0 saturated heterocycles. The van der Waals surface area contributed by atoms with Crippen molar-refractivity contribution in [1.29, 1.82) is 0 Å². The Kier molecular flexibility index (Phi) is 11.8. The van der Waals surface area contributed by atoms with E-state index in [4.69, 9.17) is 12.6 Å². The van der Waals surface area contributed by atoms with E-state index in [-0.39, 0.29) is 44.3 Å². The second kappa shape index (κ2) is 10.6. The number of esters is 1. The summed E-state index contributed by atoms with van der Waals surface area (Å²) >= 11 is 0. The van der Waals surface area contributed by atoms with Crippen LogP contribution in [0.3, 0.4) is 0 Å². The molecule has 1 rings (SSSR count). The first kappa shape index (κ1) is 20.1. The van der Waals surface area contributed by atoms with Crippen molar-refractivity contribution in [2.75, 3.05) is 0 Å². The van der Waals surface area contributed by atoms with E-state index in [0.717, 1.165) is 11.9 Å². The third-order valence-corrected chi connectivity index (χ3v) is 1.52. The maximum atomic E-state index is 10.8. The van der Waals surface area contributed by atoms with Crippen LogP contribution in [0.5, 0.6) is 0 Å². The van der Waals surface area contributed by atoms with Crippen molar-refractivity contribution >= 4 is 19.3 Å². The van der Waals surface area contributed by atoms with Crippen molar-refractivity contribution < 1.29 is 42.2 Å². The summed E-state index contributed by atoms with van der Waals surface area (Å²) in [5.41, 5.74) is 0.432. The van der Waals surface area contributed by atoms with E-state index in [9.17, 15) is 4.79 Å². The van der Waals surface area contributed by atoms with Gasteiger partial charge in [-0.25, -0.2) is 5.46 Å². The van der Waals surface area contributed by atoms with Crippen LogP contribution in [0.1, 0.15) is 34.1 Å². The Labute approximate surface area is 137 Å². The molecule has 0 heterocycles. The summed E-state index contributed by atoms with van der Waals surface area (Å²) in [5.74, 6) is -0.227. The van der Waals surface area contributed by atoms with Crippen LogP contribution in [0.25, 0.3) is 0 Å². The standard InChI is InChI=1S/C8H15O2.C6H4B.Y/c1-5-6-7(9)10-8(2,3)4;7-6-4-2-1-3-5-6;/h6H,5H2,1-4H3;2-5H;/q2*-1;. The molecule has 95 valence electrons. The fourth-order valence-corrected chi connectivity index (χ4v) is 0.910. The van der Waals surface area contributed by atoms with Crippen LogP contribution in [0.2, 0.25) is 0 Å². The molecule has 3 radical (unpaired) electrons. The molecule has 18 heavy (non-hydrogen) atoms. The summed E-state index contributed by atoms with van der Waals surface area (Å²) in [4.78, 5) is 10.8. The summed E-state index contributed by atoms with van der Waals surface area (Å²) in [6.45, 7) is 7.47. The largest absolute Gasteiger partial charge is 0.483 e. The van der Waals surface area contributed by atoms with E-state index in [1.165, 1.54) is 6.42 Å². The van der Waals surface area contributed by atoms with Gasteiger partial charge in [-0.15, -0.1) is 0 Å². The minimum atomic E-state index is -0.358. The molecule has 0 aliphatic rings. The number of carbonyl (C=O) groups is 1. The molecule has 0 saturated carbocycles. The Bertz CT molecular complexity index is 320. The predicted molar refractivity (Wildman–Crippen MR) is 71.1 cm³/mol. The zero-order valence-electron chi connectivity index (χ0n) is 11.6. The van der Waals surface area contributed by atoms with Gasteiger partial charge in [0.2, 0.25) is 0 Å². The SMILES string of the molecule is CC[CH-]C(=O)OC(C)(C)C.[B]c1cc[c-]cc1.[Y]. The molecule has 0 spiro atoms. The predicted octanol–water partition coefficient (Wildman–Crippen LogP) is 2.22. The number of ether oxygens (including phenoxy) is 1. The van der Waals surface area contributed by atoms with E-state index in [2.05, 4.69) is 6.07 Å². The van der Waals surface area contributed by atoms with E-state index in [1.54, 1.807) is 24.3 Å². The number of rotatable bonds is 2. The molecule has 0 amide bonds. The first-order valence-corrected chi connectivity index (χ1v) is 5.63. The average molecular weight is 319 g/mol. The summed E-state index contributed by atoms with van der Waals surface area (Å²) in [6.07, 6.45) is 2.26. The zero-order valence-corrected chi connectivity index (χ0v) is 14.4. The molecule has 0 atom stereocenters. The van der Waals surface area contributed by atoms with Gasteiger partial charge in [0.15, 0.2) is 5.97 Å². The van der Waals surface area contributed by atoms with Gasteiger partial charge in [0.25, 0.3) is 0 Å². The molecule has 0 aliphatic heterocycles. The quantitative estimate of drug-likeness (QED) is 0.475. The summed E-state index contributed by atoms with van der Waals surface area (Å²) in [6, 6.07) is 10.0. The molecular formula is C14H19BO2Y-2. The van der Waals surface area contributed by atoms with Gasteiger partial charge in [-0.1, -0.05) is 6.92 Å². The Hall–Kier alpha value is -0.271.